The van der Waals surface area contributed by atoms with Crippen molar-refractivity contribution in [2.75, 3.05) is 7.11 Å². The molecule has 1 aromatic rings. The summed E-state index contributed by atoms with van der Waals surface area (Å²) in [5, 5.41) is 8.37. The first kappa shape index (κ1) is 7.48. The smallest absolute Gasteiger partial charge is 0.236 e. The lowest BCUT2D eigenvalue weighted by Crippen LogP contribution is -1.96. The van der Waals surface area contributed by atoms with E-state index in [-0.39, 0.29) is 6.42 Å². The predicted octanol–water partition coefficient (Wildman–Crippen LogP) is 0.551. The van der Waals surface area contributed by atoms with Crippen molar-refractivity contribution in [3.8, 4) is 11.9 Å². The fraction of sp³-hybridized carbons (Fsp3) is 0.286. The van der Waals surface area contributed by atoms with Gasteiger partial charge in [0.05, 0.1) is 19.6 Å². The monoisotopic (exact) mass is 149 g/mol. The van der Waals surface area contributed by atoms with E-state index in [0.29, 0.717) is 11.6 Å². The molecule has 1 aromatic heterocycles. The molecular weight excluding hydrogens is 142 g/mol. The molecule has 4 nitrogen and oxygen atoms in total. The summed E-state index contributed by atoms with van der Waals surface area (Å²) in [5.74, 6) is 0.425. The molecule has 0 unspecified atom stereocenters. The second-order valence-electron chi connectivity index (χ2n) is 1.85. The fourth-order valence-corrected chi connectivity index (χ4v) is 0.721. The Morgan fingerprint density at radius 3 is 2.91 bits per heavy atom. The van der Waals surface area contributed by atoms with E-state index in [0.717, 1.165) is 0 Å². The number of nitriles is 1. The minimum atomic E-state index is 0.233. The molecular formula is C7H7N3O. The molecule has 0 radical (unpaired) electrons. The maximum Gasteiger partial charge on any atom is 0.236 e. The SMILES string of the molecule is COc1nccnc1CC#N. The number of aromatic nitrogens is 2. The Morgan fingerprint density at radius 2 is 2.27 bits per heavy atom. The highest BCUT2D eigenvalue weighted by Gasteiger charge is 2.02. The molecule has 0 bridgehead atoms. The molecule has 0 N–H and O–H groups in total. The van der Waals surface area contributed by atoms with Gasteiger partial charge in [0.2, 0.25) is 5.88 Å². The van der Waals surface area contributed by atoms with Gasteiger partial charge in [0.1, 0.15) is 5.69 Å². The van der Waals surface area contributed by atoms with Crippen molar-refractivity contribution in [2.24, 2.45) is 0 Å². The molecule has 0 aliphatic carbocycles. The van der Waals surface area contributed by atoms with Gasteiger partial charge in [-0.3, -0.25) is 4.98 Å². The van der Waals surface area contributed by atoms with Crippen molar-refractivity contribution in [2.45, 2.75) is 6.42 Å². The third-order valence-corrected chi connectivity index (χ3v) is 1.18. The average molecular weight is 149 g/mol. The number of methoxy groups -OCH3 is 1. The summed E-state index contributed by atoms with van der Waals surface area (Å²) in [6, 6.07) is 1.98. The van der Waals surface area contributed by atoms with Crippen LogP contribution in [0.4, 0.5) is 0 Å². The Hall–Kier alpha value is -1.63. The lowest BCUT2D eigenvalue weighted by Gasteiger charge is -2.00. The zero-order chi connectivity index (χ0) is 8.10. The van der Waals surface area contributed by atoms with Gasteiger partial charge in [0, 0.05) is 12.4 Å². The van der Waals surface area contributed by atoms with Gasteiger partial charge in [-0.15, -0.1) is 0 Å². The number of hydrogen-bond donors (Lipinski definition) is 0. The summed E-state index contributed by atoms with van der Waals surface area (Å²) >= 11 is 0. The minimum absolute atomic E-state index is 0.233. The van der Waals surface area contributed by atoms with Crippen LogP contribution in [0.25, 0.3) is 0 Å². The normalized spacial score (nSPS) is 8.73. The molecule has 0 aliphatic heterocycles. The highest BCUT2D eigenvalue weighted by Crippen LogP contribution is 2.09. The van der Waals surface area contributed by atoms with Gasteiger partial charge in [-0.2, -0.15) is 5.26 Å². The second kappa shape index (κ2) is 3.52. The minimum Gasteiger partial charge on any atom is -0.480 e. The van der Waals surface area contributed by atoms with Crippen molar-refractivity contribution >= 4 is 0 Å². The number of hydrogen-bond acceptors (Lipinski definition) is 4. The van der Waals surface area contributed by atoms with Crippen LogP contribution in [-0.4, -0.2) is 17.1 Å². The van der Waals surface area contributed by atoms with E-state index in [1.54, 1.807) is 0 Å². The Kier molecular flexibility index (Phi) is 2.39. The fourth-order valence-electron chi connectivity index (χ4n) is 0.721. The summed E-state index contributed by atoms with van der Waals surface area (Å²) in [6.07, 6.45) is 3.30. The zero-order valence-corrected chi connectivity index (χ0v) is 6.11. The molecule has 56 valence electrons. The standard InChI is InChI=1S/C7H7N3O/c1-11-7-6(2-3-8)9-4-5-10-7/h4-5H,2H2,1H3. The quantitative estimate of drug-likeness (QED) is 0.616. The van der Waals surface area contributed by atoms with E-state index in [9.17, 15) is 0 Å². The molecule has 0 atom stereocenters. The molecule has 4 heteroatoms. The second-order valence-corrected chi connectivity index (χ2v) is 1.85. The maximum absolute atomic E-state index is 8.37. The van der Waals surface area contributed by atoms with Crippen LogP contribution in [0.15, 0.2) is 12.4 Å². The zero-order valence-electron chi connectivity index (χ0n) is 6.11. The third-order valence-electron chi connectivity index (χ3n) is 1.18. The van der Waals surface area contributed by atoms with Crippen LogP contribution < -0.4 is 4.74 Å². The van der Waals surface area contributed by atoms with Gasteiger partial charge in [0.15, 0.2) is 0 Å². The summed E-state index contributed by atoms with van der Waals surface area (Å²) in [5.41, 5.74) is 0.581. The van der Waals surface area contributed by atoms with Crippen molar-refractivity contribution in [3.63, 3.8) is 0 Å². The van der Waals surface area contributed by atoms with Crippen LogP contribution in [0.3, 0.4) is 0 Å². The first-order chi connectivity index (χ1) is 5.38. The molecule has 11 heavy (non-hydrogen) atoms. The summed E-state index contributed by atoms with van der Waals surface area (Å²) in [4.78, 5) is 7.81. The van der Waals surface area contributed by atoms with E-state index in [4.69, 9.17) is 10.00 Å². The molecule has 1 rings (SSSR count). The third kappa shape index (κ3) is 1.64. The van der Waals surface area contributed by atoms with E-state index in [1.165, 1.54) is 19.5 Å². The Morgan fingerprint density at radius 1 is 1.55 bits per heavy atom. The van der Waals surface area contributed by atoms with Gasteiger partial charge < -0.3 is 4.74 Å². The Bertz CT molecular complexity index is 279. The first-order valence-corrected chi connectivity index (χ1v) is 3.09. The molecule has 0 amide bonds. The van der Waals surface area contributed by atoms with Crippen LogP contribution in [0.1, 0.15) is 5.69 Å². The molecule has 0 fully saturated rings. The van der Waals surface area contributed by atoms with Gasteiger partial charge in [-0.05, 0) is 0 Å². The van der Waals surface area contributed by atoms with Crippen molar-refractivity contribution < 1.29 is 4.74 Å². The summed E-state index contributed by atoms with van der Waals surface area (Å²) in [7, 11) is 1.50. The predicted molar refractivity (Wildman–Crippen MR) is 37.9 cm³/mol. The number of nitrogens with zero attached hydrogens (tertiary/aromatic N) is 3. The van der Waals surface area contributed by atoms with Gasteiger partial charge in [-0.1, -0.05) is 0 Å². The average Bonchev–Trinajstić information content (AvgIpc) is 2.06. The van der Waals surface area contributed by atoms with Crippen molar-refractivity contribution in [1.29, 1.82) is 5.26 Å². The Labute approximate surface area is 64.5 Å². The molecule has 0 aliphatic rings. The molecule has 1 heterocycles. The van der Waals surface area contributed by atoms with Gasteiger partial charge in [0.25, 0.3) is 0 Å². The first-order valence-electron chi connectivity index (χ1n) is 3.09. The topological polar surface area (TPSA) is 58.8 Å². The van der Waals surface area contributed by atoms with Crippen molar-refractivity contribution in [1.82, 2.24) is 9.97 Å². The number of rotatable bonds is 2. The Balaban J connectivity index is 2.94. The highest BCUT2D eigenvalue weighted by atomic mass is 16.5. The van der Waals surface area contributed by atoms with Gasteiger partial charge >= 0.3 is 0 Å². The summed E-state index contributed by atoms with van der Waals surface area (Å²) < 4.78 is 4.87. The van der Waals surface area contributed by atoms with Crippen molar-refractivity contribution in [3.05, 3.63) is 18.1 Å². The lowest BCUT2D eigenvalue weighted by atomic mass is 10.3. The van der Waals surface area contributed by atoms with Gasteiger partial charge in [-0.25, -0.2) is 4.98 Å². The van der Waals surface area contributed by atoms with Crippen LogP contribution in [0.5, 0.6) is 5.88 Å². The molecule has 0 saturated heterocycles. The van der Waals surface area contributed by atoms with Crippen LogP contribution in [-0.2, 0) is 6.42 Å². The number of ether oxygens (including phenoxy) is 1. The highest BCUT2D eigenvalue weighted by molar-refractivity contribution is 5.19. The van der Waals surface area contributed by atoms with Crippen LogP contribution >= 0.6 is 0 Å². The molecule has 0 aromatic carbocycles. The maximum atomic E-state index is 8.37. The summed E-state index contributed by atoms with van der Waals surface area (Å²) in [6.45, 7) is 0. The van der Waals surface area contributed by atoms with E-state index < -0.39 is 0 Å². The molecule has 0 saturated carbocycles. The van der Waals surface area contributed by atoms with E-state index in [1.807, 2.05) is 6.07 Å². The largest absolute Gasteiger partial charge is 0.480 e. The molecule has 0 spiro atoms. The van der Waals surface area contributed by atoms with Crippen LogP contribution in [0, 0.1) is 11.3 Å². The van der Waals surface area contributed by atoms with E-state index in [2.05, 4.69) is 9.97 Å². The van der Waals surface area contributed by atoms with Crippen LogP contribution in [0.2, 0.25) is 0 Å². The van der Waals surface area contributed by atoms with E-state index >= 15 is 0 Å². The lowest BCUT2D eigenvalue weighted by molar-refractivity contribution is 0.390.